The summed E-state index contributed by atoms with van der Waals surface area (Å²) in [4.78, 5) is 12.6. The summed E-state index contributed by atoms with van der Waals surface area (Å²) >= 11 is 9.31. The number of hydrogen-bond acceptors (Lipinski definition) is 4. The molecule has 0 bridgehead atoms. The minimum atomic E-state index is 0.286. The van der Waals surface area contributed by atoms with Gasteiger partial charge in [-0.25, -0.2) is 4.98 Å². The summed E-state index contributed by atoms with van der Waals surface area (Å²) in [7, 11) is 4.12. The summed E-state index contributed by atoms with van der Waals surface area (Å²) in [6, 6.07) is 0. The number of anilines is 1. The first-order valence-electron chi connectivity index (χ1n) is 5.62. The van der Waals surface area contributed by atoms with E-state index in [0.717, 1.165) is 36.3 Å². The van der Waals surface area contributed by atoms with Crippen LogP contribution < -0.4 is 4.90 Å². The van der Waals surface area contributed by atoms with Crippen LogP contribution in [-0.4, -0.2) is 48.6 Å². The molecule has 0 fully saturated rings. The van der Waals surface area contributed by atoms with Gasteiger partial charge in [-0.1, -0.05) is 6.92 Å². The number of hydrogen-bond donors (Lipinski definition) is 0. The second-order valence-corrected chi connectivity index (χ2v) is 5.29. The molecule has 4 nitrogen and oxygen atoms in total. The lowest BCUT2D eigenvalue weighted by atomic mass is 10.3. The minimum Gasteiger partial charge on any atom is -0.354 e. The van der Waals surface area contributed by atoms with Crippen molar-refractivity contribution in [1.82, 2.24) is 14.9 Å². The van der Waals surface area contributed by atoms with E-state index in [9.17, 15) is 0 Å². The quantitative estimate of drug-likeness (QED) is 0.754. The van der Waals surface area contributed by atoms with Gasteiger partial charge in [0.15, 0.2) is 0 Å². The molecule has 6 heteroatoms. The van der Waals surface area contributed by atoms with Crippen molar-refractivity contribution >= 4 is 33.3 Å². The normalized spacial score (nSPS) is 10.9. The Labute approximate surface area is 116 Å². The van der Waals surface area contributed by atoms with Gasteiger partial charge in [-0.3, -0.25) is 0 Å². The van der Waals surface area contributed by atoms with Crippen molar-refractivity contribution in [2.24, 2.45) is 0 Å². The van der Waals surface area contributed by atoms with Crippen molar-refractivity contribution in [3.63, 3.8) is 0 Å². The molecule has 0 unspecified atom stereocenters. The van der Waals surface area contributed by atoms with Crippen molar-refractivity contribution in [3.8, 4) is 0 Å². The Bertz CT molecular complexity index is 359. The van der Waals surface area contributed by atoms with E-state index in [0.29, 0.717) is 0 Å². The lowest BCUT2D eigenvalue weighted by Crippen LogP contribution is -2.33. The van der Waals surface area contributed by atoms with Crippen molar-refractivity contribution in [3.05, 3.63) is 16.0 Å². The van der Waals surface area contributed by atoms with Gasteiger partial charge in [-0.2, -0.15) is 4.98 Å². The van der Waals surface area contributed by atoms with Crippen molar-refractivity contribution in [2.75, 3.05) is 38.6 Å². The van der Waals surface area contributed by atoms with E-state index in [1.807, 2.05) is 0 Å². The average molecular weight is 322 g/mol. The van der Waals surface area contributed by atoms with Crippen LogP contribution in [0.25, 0.3) is 0 Å². The summed E-state index contributed by atoms with van der Waals surface area (Å²) in [6.07, 6.45) is 2.77. The van der Waals surface area contributed by atoms with E-state index >= 15 is 0 Å². The Morgan fingerprint density at radius 2 is 2.00 bits per heavy atom. The van der Waals surface area contributed by atoms with Crippen LogP contribution in [0, 0.1) is 0 Å². The van der Waals surface area contributed by atoms with Crippen LogP contribution in [-0.2, 0) is 0 Å². The second kappa shape index (κ2) is 7.13. The molecule has 1 aromatic rings. The van der Waals surface area contributed by atoms with Gasteiger partial charge in [0.05, 0.1) is 4.47 Å². The highest BCUT2D eigenvalue weighted by Gasteiger charge is 2.12. The highest BCUT2D eigenvalue weighted by atomic mass is 79.9. The van der Waals surface area contributed by atoms with Crippen molar-refractivity contribution in [1.29, 1.82) is 0 Å². The molecule has 17 heavy (non-hydrogen) atoms. The standard InChI is InChI=1S/C11H18BrClN4/c1-4-5-17(7-6-16(2)3)10-9(12)8-14-11(13)15-10/h8H,4-7H2,1-3H3. The van der Waals surface area contributed by atoms with Crippen LogP contribution in [0.15, 0.2) is 10.7 Å². The molecule has 0 saturated heterocycles. The highest BCUT2D eigenvalue weighted by Crippen LogP contribution is 2.24. The van der Waals surface area contributed by atoms with Gasteiger partial charge >= 0.3 is 0 Å². The predicted octanol–water partition coefficient (Wildman–Crippen LogP) is 2.67. The summed E-state index contributed by atoms with van der Waals surface area (Å²) in [5, 5.41) is 0.286. The molecule has 1 aromatic heterocycles. The largest absolute Gasteiger partial charge is 0.354 e. The van der Waals surface area contributed by atoms with E-state index in [-0.39, 0.29) is 5.28 Å². The fourth-order valence-corrected chi connectivity index (χ4v) is 2.04. The molecule has 0 aliphatic carbocycles. The zero-order chi connectivity index (χ0) is 12.8. The molecule has 96 valence electrons. The molecule has 0 amide bonds. The summed E-state index contributed by atoms with van der Waals surface area (Å²) in [6.45, 7) is 5.01. The third-order valence-electron chi connectivity index (χ3n) is 2.31. The van der Waals surface area contributed by atoms with Gasteiger partial charge in [0, 0.05) is 25.8 Å². The van der Waals surface area contributed by atoms with Crippen LogP contribution in [0.4, 0.5) is 5.82 Å². The first kappa shape index (κ1) is 14.7. The molecule has 1 heterocycles. The monoisotopic (exact) mass is 320 g/mol. The molecular formula is C11H18BrClN4. The van der Waals surface area contributed by atoms with E-state index in [1.54, 1.807) is 6.20 Å². The van der Waals surface area contributed by atoms with Gasteiger partial charge in [-0.05, 0) is 48.0 Å². The average Bonchev–Trinajstić information content (AvgIpc) is 2.27. The summed E-state index contributed by atoms with van der Waals surface area (Å²) in [5.41, 5.74) is 0. The number of rotatable bonds is 6. The van der Waals surface area contributed by atoms with Gasteiger partial charge in [0.1, 0.15) is 5.82 Å². The van der Waals surface area contributed by atoms with Crippen LogP contribution in [0.5, 0.6) is 0 Å². The van der Waals surface area contributed by atoms with Crippen LogP contribution in [0.1, 0.15) is 13.3 Å². The van der Waals surface area contributed by atoms with Crippen LogP contribution in [0.3, 0.4) is 0 Å². The fraction of sp³-hybridized carbons (Fsp3) is 0.636. The molecule has 0 N–H and O–H groups in total. The third kappa shape index (κ3) is 4.77. The van der Waals surface area contributed by atoms with Crippen LogP contribution in [0.2, 0.25) is 5.28 Å². The predicted molar refractivity (Wildman–Crippen MR) is 75.8 cm³/mol. The van der Waals surface area contributed by atoms with E-state index < -0.39 is 0 Å². The van der Waals surface area contributed by atoms with Gasteiger partial charge < -0.3 is 9.80 Å². The molecule has 0 aromatic carbocycles. The number of aromatic nitrogens is 2. The Balaban J connectivity index is 2.84. The molecule has 0 aliphatic heterocycles. The van der Waals surface area contributed by atoms with Crippen LogP contribution >= 0.6 is 27.5 Å². The number of likely N-dealkylation sites (N-methyl/N-ethyl adjacent to an activating group) is 1. The maximum atomic E-state index is 5.84. The zero-order valence-corrected chi connectivity index (χ0v) is 12.8. The van der Waals surface area contributed by atoms with E-state index in [1.165, 1.54) is 0 Å². The first-order chi connectivity index (χ1) is 8.04. The maximum absolute atomic E-state index is 5.84. The van der Waals surface area contributed by atoms with Crippen molar-refractivity contribution in [2.45, 2.75) is 13.3 Å². The lowest BCUT2D eigenvalue weighted by molar-refractivity contribution is 0.412. The Kier molecular flexibility index (Phi) is 6.16. The molecule has 1 rings (SSSR count). The second-order valence-electron chi connectivity index (χ2n) is 4.10. The zero-order valence-electron chi connectivity index (χ0n) is 10.5. The van der Waals surface area contributed by atoms with Gasteiger partial charge in [-0.15, -0.1) is 0 Å². The molecule has 0 radical (unpaired) electrons. The summed E-state index contributed by atoms with van der Waals surface area (Å²) < 4.78 is 0.883. The van der Waals surface area contributed by atoms with Gasteiger partial charge in [0.25, 0.3) is 0 Å². The topological polar surface area (TPSA) is 32.3 Å². The van der Waals surface area contributed by atoms with Gasteiger partial charge in [0.2, 0.25) is 5.28 Å². The molecule has 0 aliphatic rings. The van der Waals surface area contributed by atoms with Crippen molar-refractivity contribution < 1.29 is 0 Å². The van der Waals surface area contributed by atoms with E-state index in [4.69, 9.17) is 11.6 Å². The minimum absolute atomic E-state index is 0.286. The highest BCUT2D eigenvalue weighted by molar-refractivity contribution is 9.10. The van der Waals surface area contributed by atoms with E-state index in [2.05, 4.69) is 56.7 Å². The number of nitrogens with zero attached hydrogens (tertiary/aromatic N) is 4. The Hall–Kier alpha value is -0.390. The lowest BCUT2D eigenvalue weighted by Gasteiger charge is -2.25. The molecule has 0 spiro atoms. The molecular weight excluding hydrogens is 304 g/mol. The Morgan fingerprint density at radius 1 is 1.29 bits per heavy atom. The summed E-state index contributed by atoms with van der Waals surface area (Å²) in [5.74, 6) is 0.869. The Morgan fingerprint density at radius 3 is 2.59 bits per heavy atom. The third-order valence-corrected chi connectivity index (χ3v) is 3.05. The maximum Gasteiger partial charge on any atom is 0.224 e. The smallest absolute Gasteiger partial charge is 0.224 e. The molecule has 0 saturated carbocycles. The molecule has 0 atom stereocenters. The fourth-order valence-electron chi connectivity index (χ4n) is 1.47. The first-order valence-corrected chi connectivity index (χ1v) is 6.79. The number of halogens is 2. The SMILES string of the molecule is CCCN(CCN(C)C)c1nc(Cl)ncc1Br.